The second-order valence-corrected chi connectivity index (χ2v) is 2.53. The highest BCUT2D eigenvalue weighted by atomic mass is 35.5. The lowest BCUT2D eigenvalue weighted by atomic mass is 10.1. The van der Waals surface area contributed by atoms with Gasteiger partial charge < -0.3 is 5.11 Å². The van der Waals surface area contributed by atoms with Crippen LogP contribution in [0.5, 0.6) is 0 Å². The van der Waals surface area contributed by atoms with Gasteiger partial charge in [0.25, 0.3) is 0 Å². The molecule has 0 aliphatic carbocycles. The molecule has 0 saturated carbocycles. The van der Waals surface area contributed by atoms with Gasteiger partial charge in [-0.2, -0.15) is 26.3 Å². The van der Waals surface area contributed by atoms with E-state index in [2.05, 4.69) is 11.6 Å². The van der Waals surface area contributed by atoms with Gasteiger partial charge in [-0.15, -0.1) is 0 Å². The van der Waals surface area contributed by atoms with Crippen LogP contribution < -0.4 is 0 Å². The van der Waals surface area contributed by atoms with Crippen molar-refractivity contribution >= 4 is 17.6 Å². The van der Waals surface area contributed by atoms with Gasteiger partial charge in [0, 0.05) is 0 Å². The van der Waals surface area contributed by atoms with Crippen molar-refractivity contribution in [1.29, 1.82) is 0 Å². The number of aliphatic carboxylic acids is 1. The summed E-state index contributed by atoms with van der Waals surface area (Å²) in [5.41, 5.74) is 0. The average Bonchev–Trinajstić information content (AvgIpc) is 1.80. The van der Waals surface area contributed by atoms with Crippen molar-refractivity contribution in [1.82, 2.24) is 0 Å². The molecule has 0 spiro atoms. The van der Waals surface area contributed by atoms with Crippen LogP contribution in [0.2, 0.25) is 0 Å². The van der Waals surface area contributed by atoms with Crippen LogP contribution in [-0.4, -0.2) is 28.3 Å². The predicted octanol–water partition coefficient (Wildman–Crippen LogP) is 2.17. The van der Waals surface area contributed by atoms with Gasteiger partial charge in [-0.25, -0.2) is 4.79 Å². The lowest BCUT2D eigenvalue weighted by molar-refractivity contribution is -0.266. The Balaban J connectivity index is 5.35. The molecular formula is C4HClF6O2. The molecule has 0 aromatic rings. The van der Waals surface area contributed by atoms with Crippen molar-refractivity contribution in [3.8, 4) is 0 Å². The molecule has 9 heteroatoms. The minimum atomic E-state index is -6.10. The molecule has 13 heavy (non-hydrogen) atoms. The van der Waals surface area contributed by atoms with Crippen LogP contribution >= 0.6 is 11.6 Å². The molecular weight excluding hydrogens is 229 g/mol. The molecule has 0 aliphatic heterocycles. The molecule has 0 unspecified atom stereocenters. The Hall–Kier alpha value is -0.660. The van der Waals surface area contributed by atoms with E-state index in [0.29, 0.717) is 0 Å². The summed E-state index contributed by atoms with van der Waals surface area (Å²) in [5.74, 6) is -3.20. The first-order valence-corrected chi connectivity index (χ1v) is 2.88. The number of rotatable bonds is 1. The molecule has 0 fully saturated rings. The second-order valence-electron chi connectivity index (χ2n) is 1.96. The van der Waals surface area contributed by atoms with E-state index < -0.39 is 23.2 Å². The fourth-order valence-electron chi connectivity index (χ4n) is 0.403. The molecule has 0 radical (unpaired) electrons. The van der Waals surface area contributed by atoms with E-state index in [9.17, 15) is 31.1 Å². The Bertz CT molecular complexity index is 204. The molecule has 0 aliphatic rings. The highest BCUT2D eigenvalue weighted by Gasteiger charge is 2.75. The first kappa shape index (κ1) is 12.3. The first-order valence-electron chi connectivity index (χ1n) is 2.50. The minimum Gasteiger partial charge on any atom is -0.479 e. The summed E-state index contributed by atoms with van der Waals surface area (Å²) < 4.78 is 69.7. The summed E-state index contributed by atoms with van der Waals surface area (Å²) in [6.07, 6.45) is -12.2. The van der Waals surface area contributed by atoms with E-state index >= 15 is 0 Å². The third-order valence-corrected chi connectivity index (χ3v) is 1.67. The summed E-state index contributed by atoms with van der Waals surface area (Å²) in [4.78, 5) is 4.51. The van der Waals surface area contributed by atoms with Crippen molar-refractivity contribution < 1.29 is 36.2 Å². The lowest BCUT2D eigenvalue weighted by Crippen LogP contribution is -2.57. The molecule has 0 atom stereocenters. The maximum atomic E-state index is 11.6. The highest BCUT2D eigenvalue weighted by Crippen LogP contribution is 2.48. The standard InChI is InChI=1S/C4HClF6O2/c5-2(1(12)13,3(6,7)8)4(9,10)11/h(H,12,13). The summed E-state index contributed by atoms with van der Waals surface area (Å²) in [6.45, 7) is 0. The number of halogens is 7. The smallest absolute Gasteiger partial charge is 0.427 e. The molecule has 2 nitrogen and oxygen atoms in total. The summed E-state index contributed by atoms with van der Waals surface area (Å²) in [5, 5.41) is 7.73. The number of alkyl halides is 7. The van der Waals surface area contributed by atoms with Crippen LogP contribution in [0.25, 0.3) is 0 Å². The van der Waals surface area contributed by atoms with Crippen molar-refractivity contribution in [2.24, 2.45) is 0 Å². The van der Waals surface area contributed by atoms with Crippen LogP contribution in [0.4, 0.5) is 26.3 Å². The third kappa shape index (κ3) is 1.82. The van der Waals surface area contributed by atoms with E-state index in [4.69, 9.17) is 5.11 Å². The summed E-state index contributed by atoms with van der Waals surface area (Å²) in [6, 6.07) is 0. The Morgan fingerprint density at radius 1 is 1.00 bits per heavy atom. The Labute approximate surface area is 72.1 Å². The number of carbonyl (C=O) groups is 1. The Kier molecular flexibility index (Phi) is 2.78. The van der Waals surface area contributed by atoms with E-state index in [1.807, 2.05) is 0 Å². The maximum absolute atomic E-state index is 11.6. The van der Waals surface area contributed by atoms with Crippen molar-refractivity contribution in [3.05, 3.63) is 0 Å². The van der Waals surface area contributed by atoms with Gasteiger partial charge in [-0.1, -0.05) is 11.6 Å². The topological polar surface area (TPSA) is 37.3 Å². The maximum Gasteiger partial charge on any atom is 0.427 e. The summed E-state index contributed by atoms with van der Waals surface area (Å²) in [7, 11) is 0. The Morgan fingerprint density at radius 2 is 1.23 bits per heavy atom. The molecule has 0 rings (SSSR count). The van der Waals surface area contributed by atoms with Crippen molar-refractivity contribution in [2.75, 3.05) is 0 Å². The molecule has 0 aromatic heterocycles. The van der Waals surface area contributed by atoms with Crippen molar-refractivity contribution in [2.45, 2.75) is 17.2 Å². The molecule has 0 saturated heterocycles. The monoisotopic (exact) mass is 230 g/mol. The van der Waals surface area contributed by atoms with Gasteiger partial charge in [-0.05, 0) is 0 Å². The predicted molar refractivity (Wildman–Crippen MR) is 28.3 cm³/mol. The Morgan fingerprint density at radius 3 is 1.23 bits per heavy atom. The SMILES string of the molecule is O=C(O)C(Cl)(C(F)(F)F)C(F)(F)F. The lowest BCUT2D eigenvalue weighted by Gasteiger charge is -2.26. The van der Waals surface area contributed by atoms with Crippen LogP contribution in [0.3, 0.4) is 0 Å². The molecule has 0 heterocycles. The largest absolute Gasteiger partial charge is 0.479 e. The van der Waals surface area contributed by atoms with Gasteiger partial charge in [0.2, 0.25) is 0 Å². The number of carboxylic acid groups (broad SMARTS) is 1. The van der Waals surface area contributed by atoms with Crippen LogP contribution in [0.1, 0.15) is 0 Å². The quantitative estimate of drug-likeness (QED) is 0.554. The number of carboxylic acids is 1. The molecule has 78 valence electrons. The highest BCUT2D eigenvalue weighted by molar-refractivity contribution is 6.35. The van der Waals surface area contributed by atoms with Crippen molar-refractivity contribution in [3.63, 3.8) is 0 Å². The van der Waals surface area contributed by atoms with Gasteiger partial charge in [0.05, 0.1) is 0 Å². The van der Waals surface area contributed by atoms with E-state index in [0.717, 1.165) is 0 Å². The molecule has 1 N–H and O–H groups in total. The number of hydrogen-bond donors (Lipinski definition) is 1. The molecule has 0 amide bonds. The van der Waals surface area contributed by atoms with Crippen LogP contribution in [0.15, 0.2) is 0 Å². The number of hydrogen-bond acceptors (Lipinski definition) is 1. The van der Waals surface area contributed by atoms with E-state index in [-0.39, 0.29) is 0 Å². The average molecular weight is 230 g/mol. The van der Waals surface area contributed by atoms with E-state index in [1.165, 1.54) is 0 Å². The van der Waals surface area contributed by atoms with Gasteiger partial charge >= 0.3 is 23.2 Å². The first-order chi connectivity index (χ1) is 5.44. The molecule has 0 bridgehead atoms. The zero-order chi connectivity index (χ0) is 11.1. The zero-order valence-electron chi connectivity index (χ0n) is 5.50. The third-order valence-electron chi connectivity index (χ3n) is 1.08. The van der Waals surface area contributed by atoms with Gasteiger partial charge in [0.15, 0.2) is 0 Å². The second kappa shape index (κ2) is 2.93. The zero-order valence-corrected chi connectivity index (χ0v) is 6.26. The fourth-order valence-corrected chi connectivity index (χ4v) is 0.403. The van der Waals surface area contributed by atoms with Crippen LogP contribution in [0, 0.1) is 0 Å². The van der Waals surface area contributed by atoms with Gasteiger partial charge in [0.1, 0.15) is 0 Å². The molecule has 0 aromatic carbocycles. The normalized spacial score (nSPS) is 14.4. The van der Waals surface area contributed by atoms with Gasteiger partial charge in [-0.3, -0.25) is 0 Å². The minimum absolute atomic E-state index is 3.20. The van der Waals surface area contributed by atoms with E-state index in [1.54, 1.807) is 0 Å². The van der Waals surface area contributed by atoms with Crippen LogP contribution in [-0.2, 0) is 4.79 Å². The fraction of sp³-hybridized carbons (Fsp3) is 0.750. The summed E-state index contributed by atoms with van der Waals surface area (Å²) >= 11 is 3.98.